The van der Waals surface area contributed by atoms with Gasteiger partial charge < -0.3 is 10.6 Å². The molecule has 1 aromatic carbocycles. The number of hydrogen-bond donors (Lipinski definition) is 2. The first-order chi connectivity index (χ1) is 9.06. The summed E-state index contributed by atoms with van der Waals surface area (Å²) in [5.41, 5.74) is 3.36. The van der Waals surface area contributed by atoms with Crippen molar-refractivity contribution in [3.05, 3.63) is 35.4 Å². The zero-order chi connectivity index (χ0) is 13.7. The van der Waals surface area contributed by atoms with E-state index in [4.69, 9.17) is 0 Å². The summed E-state index contributed by atoms with van der Waals surface area (Å²) in [7, 11) is 0. The van der Waals surface area contributed by atoms with Crippen molar-refractivity contribution in [2.45, 2.75) is 51.5 Å². The van der Waals surface area contributed by atoms with Gasteiger partial charge >= 0.3 is 0 Å². The summed E-state index contributed by atoms with van der Waals surface area (Å²) >= 11 is 0. The maximum atomic E-state index is 3.61. The van der Waals surface area contributed by atoms with Gasteiger partial charge in [0.15, 0.2) is 0 Å². The van der Waals surface area contributed by atoms with Crippen LogP contribution in [-0.2, 0) is 6.42 Å². The van der Waals surface area contributed by atoms with Gasteiger partial charge in [-0.25, -0.2) is 0 Å². The molecule has 106 valence electrons. The van der Waals surface area contributed by atoms with Crippen molar-refractivity contribution in [2.75, 3.05) is 19.6 Å². The van der Waals surface area contributed by atoms with Crippen LogP contribution in [0, 0.1) is 0 Å². The highest BCUT2D eigenvalue weighted by Crippen LogP contribution is 2.30. The molecule has 1 aliphatic carbocycles. The first kappa shape index (κ1) is 14.5. The Hall–Kier alpha value is -0.860. The smallest absolute Gasteiger partial charge is 0.00970 e. The monoisotopic (exact) mass is 260 g/mol. The number of benzene rings is 1. The molecule has 0 heterocycles. The molecule has 2 heteroatoms. The summed E-state index contributed by atoms with van der Waals surface area (Å²) in [5.74, 6) is 0.708. The molecule has 1 atom stereocenters. The first-order valence-corrected chi connectivity index (χ1v) is 7.60. The Labute approximate surface area is 118 Å². The molecule has 0 aromatic heterocycles. The highest BCUT2D eigenvalue weighted by atomic mass is 15.0. The van der Waals surface area contributed by atoms with Gasteiger partial charge in [0, 0.05) is 25.2 Å². The minimum atomic E-state index is 0.221. The average molecular weight is 260 g/mol. The fourth-order valence-electron chi connectivity index (χ4n) is 2.87. The van der Waals surface area contributed by atoms with Crippen LogP contribution in [0.25, 0.3) is 0 Å². The highest BCUT2D eigenvalue weighted by molar-refractivity contribution is 5.32. The quantitative estimate of drug-likeness (QED) is 0.795. The number of hydrogen-bond acceptors (Lipinski definition) is 2. The van der Waals surface area contributed by atoms with Gasteiger partial charge in [-0.15, -0.1) is 0 Å². The maximum Gasteiger partial charge on any atom is 0.00970 e. The van der Waals surface area contributed by atoms with E-state index in [0.717, 1.165) is 19.6 Å². The van der Waals surface area contributed by atoms with Crippen molar-refractivity contribution >= 4 is 0 Å². The third-order valence-corrected chi connectivity index (χ3v) is 3.84. The minimum absolute atomic E-state index is 0.221. The summed E-state index contributed by atoms with van der Waals surface area (Å²) in [6, 6.07) is 8.96. The largest absolute Gasteiger partial charge is 0.315 e. The lowest BCUT2D eigenvalue weighted by Crippen LogP contribution is -2.40. The third-order valence-electron chi connectivity index (χ3n) is 3.84. The van der Waals surface area contributed by atoms with E-state index in [9.17, 15) is 0 Å². The van der Waals surface area contributed by atoms with Crippen molar-refractivity contribution in [2.24, 2.45) is 0 Å². The van der Waals surface area contributed by atoms with E-state index in [2.05, 4.69) is 55.7 Å². The summed E-state index contributed by atoms with van der Waals surface area (Å²) in [5, 5.41) is 7.12. The zero-order valence-electron chi connectivity index (χ0n) is 12.6. The third kappa shape index (κ3) is 4.63. The number of fused-ring (bicyclic) bond motifs is 1. The van der Waals surface area contributed by atoms with Crippen LogP contribution in [0.5, 0.6) is 0 Å². The van der Waals surface area contributed by atoms with Crippen LogP contribution in [0.4, 0.5) is 0 Å². The molecule has 0 fully saturated rings. The predicted octanol–water partition coefficient (Wildman–Crippen LogP) is 3.08. The van der Waals surface area contributed by atoms with Gasteiger partial charge in [0.1, 0.15) is 0 Å². The lowest BCUT2D eigenvalue weighted by atomic mass is 9.83. The van der Waals surface area contributed by atoms with Gasteiger partial charge in [-0.05, 0) is 57.1 Å². The van der Waals surface area contributed by atoms with E-state index in [0.29, 0.717) is 5.92 Å². The molecule has 0 amide bonds. The Morgan fingerprint density at radius 1 is 1.16 bits per heavy atom. The molecule has 2 N–H and O–H groups in total. The van der Waals surface area contributed by atoms with Gasteiger partial charge in [0.25, 0.3) is 0 Å². The van der Waals surface area contributed by atoms with Crippen LogP contribution < -0.4 is 10.6 Å². The Kier molecular flexibility index (Phi) is 5.00. The molecule has 19 heavy (non-hydrogen) atoms. The van der Waals surface area contributed by atoms with Crippen molar-refractivity contribution in [1.29, 1.82) is 0 Å². The SMILES string of the molecule is CC(C)(C)NCCNCC1CCCc2ccccc21. The molecule has 1 aliphatic rings. The van der Waals surface area contributed by atoms with Crippen LogP contribution in [0.1, 0.15) is 50.7 Å². The molecular weight excluding hydrogens is 232 g/mol. The van der Waals surface area contributed by atoms with E-state index in [1.807, 2.05) is 0 Å². The Bertz CT molecular complexity index is 392. The van der Waals surface area contributed by atoms with Gasteiger partial charge in [-0.2, -0.15) is 0 Å². The zero-order valence-corrected chi connectivity index (χ0v) is 12.6. The molecule has 1 aromatic rings. The lowest BCUT2D eigenvalue weighted by molar-refractivity contribution is 0.415. The Morgan fingerprint density at radius 2 is 1.95 bits per heavy atom. The molecular formula is C17H28N2. The second-order valence-corrected chi connectivity index (χ2v) is 6.67. The van der Waals surface area contributed by atoms with Gasteiger partial charge in [-0.1, -0.05) is 24.3 Å². The van der Waals surface area contributed by atoms with Crippen molar-refractivity contribution in [3.63, 3.8) is 0 Å². The topological polar surface area (TPSA) is 24.1 Å². The molecule has 0 bridgehead atoms. The molecule has 0 aliphatic heterocycles. The molecule has 0 saturated carbocycles. The molecule has 2 rings (SSSR count). The Morgan fingerprint density at radius 3 is 2.74 bits per heavy atom. The van der Waals surface area contributed by atoms with Crippen LogP contribution in [0.3, 0.4) is 0 Å². The summed E-state index contributed by atoms with van der Waals surface area (Å²) in [6.07, 6.45) is 3.93. The molecule has 0 saturated heterocycles. The van der Waals surface area contributed by atoms with Crippen LogP contribution >= 0.6 is 0 Å². The standard InChI is InChI=1S/C17H28N2/c1-17(2,3)19-12-11-18-13-15-9-6-8-14-7-4-5-10-16(14)15/h4-5,7,10,15,18-19H,6,8-9,11-13H2,1-3H3. The average Bonchev–Trinajstić information content (AvgIpc) is 2.37. The van der Waals surface area contributed by atoms with E-state index in [1.165, 1.54) is 19.3 Å². The van der Waals surface area contributed by atoms with E-state index >= 15 is 0 Å². The van der Waals surface area contributed by atoms with Crippen LogP contribution in [0.15, 0.2) is 24.3 Å². The number of rotatable bonds is 5. The minimum Gasteiger partial charge on any atom is -0.315 e. The van der Waals surface area contributed by atoms with Gasteiger partial charge in [0.2, 0.25) is 0 Å². The predicted molar refractivity (Wildman–Crippen MR) is 82.7 cm³/mol. The van der Waals surface area contributed by atoms with Gasteiger partial charge in [0.05, 0.1) is 0 Å². The maximum absolute atomic E-state index is 3.61. The van der Waals surface area contributed by atoms with E-state index in [-0.39, 0.29) is 5.54 Å². The summed E-state index contributed by atoms with van der Waals surface area (Å²) in [4.78, 5) is 0. The van der Waals surface area contributed by atoms with Crippen molar-refractivity contribution in [3.8, 4) is 0 Å². The normalized spacial score (nSPS) is 19.2. The summed E-state index contributed by atoms with van der Waals surface area (Å²) in [6.45, 7) is 9.84. The van der Waals surface area contributed by atoms with Crippen LogP contribution in [-0.4, -0.2) is 25.2 Å². The highest BCUT2D eigenvalue weighted by Gasteiger charge is 2.19. The molecule has 0 radical (unpaired) electrons. The van der Waals surface area contributed by atoms with Crippen LogP contribution in [0.2, 0.25) is 0 Å². The fourth-order valence-corrected chi connectivity index (χ4v) is 2.87. The molecule has 1 unspecified atom stereocenters. The summed E-state index contributed by atoms with van der Waals surface area (Å²) < 4.78 is 0. The molecule has 0 spiro atoms. The number of nitrogens with one attached hydrogen (secondary N) is 2. The lowest BCUT2D eigenvalue weighted by Gasteiger charge is -2.26. The van der Waals surface area contributed by atoms with E-state index in [1.54, 1.807) is 11.1 Å². The van der Waals surface area contributed by atoms with Crippen molar-refractivity contribution < 1.29 is 0 Å². The molecule has 2 nitrogen and oxygen atoms in total. The van der Waals surface area contributed by atoms with Crippen molar-refractivity contribution in [1.82, 2.24) is 10.6 Å². The number of aryl methyl sites for hydroxylation is 1. The second kappa shape index (κ2) is 6.53. The Balaban J connectivity index is 1.75. The fraction of sp³-hybridized carbons (Fsp3) is 0.647. The second-order valence-electron chi connectivity index (χ2n) is 6.67. The first-order valence-electron chi connectivity index (χ1n) is 7.60. The van der Waals surface area contributed by atoms with E-state index < -0.39 is 0 Å². The van der Waals surface area contributed by atoms with Gasteiger partial charge in [-0.3, -0.25) is 0 Å².